The molecular formula is C12H20N2O3. The second kappa shape index (κ2) is 5.04. The summed E-state index contributed by atoms with van der Waals surface area (Å²) in [6, 6.07) is -0.761. The molecule has 0 bridgehead atoms. The topological polar surface area (TPSA) is 58.6 Å². The van der Waals surface area contributed by atoms with E-state index in [2.05, 4.69) is 5.32 Å². The molecule has 5 heteroatoms. The number of piperazine rings is 1. The van der Waals surface area contributed by atoms with Crippen LogP contribution in [0, 0.1) is 0 Å². The van der Waals surface area contributed by atoms with Gasteiger partial charge in [0.15, 0.2) is 0 Å². The van der Waals surface area contributed by atoms with Gasteiger partial charge in [0.1, 0.15) is 12.1 Å². The Morgan fingerprint density at radius 2 is 2.18 bits per heavy atom. The van der Waals surface area contributed by atoms with Crippen molar-refractivity contribution < 1.29 is 14.3 Å². The molecule has 17 heavy (non-hydrogen) atoms. The first kappa shape index (κ1) is 12.4. The van der Waals surface area contributed by atoms with E-state index in [0.717, 1.165) is 25.9 Å². The minimum atomic E-state index is -0.400. The van der Waals surface area contributed by atoms with Gasteiger partial charge in [0.2, 0.25) is 11.8 Å². The lowest BCUT2D eigenvalue weighted by atomic mass is 10.1. The Morgan fingerprint density at radius 3 is 2.82 bits per heavy atom. The Labute approximate surface area is 101 Å². The zero-order chi connectivity index (χ0) is 12.4. The summed E-state index contributed by atoms with van der Waals surface area (Å²) in [6.45, 7) is 4.94. The average Bonchev–Trinajstić information content (AvgIpc) is 2.79. The number of nitrogens with one attached hydrogen (secondary N) is 1. The quantitative estimate of drug-likeness (QED) is 0.771. The largest absolute Gasteiger partial charge is 0.378 e. The van der Waals surface area contributed by atoms with Gasteiger partial charge in [-0.1, -0.05) is 0 Å². The van der Waals surface area contributed by atoms with Crippen molar-refractivity contribution in [2.45, 2.75) is 51.3 Å². The van der Waals surface area contributed by atoms with Gasteiger partial charge in [0.05, 0.1) is 6.10 Å². The highest BCUT2D eigenvalue weighted by molar-refractivity contribution is 5.96. The van der Waals surface area contributed by atoms with Gasteiger partial charge in [0.25, 0.3) is 0 Å². The molecule has 2 fully saturated rings. The van der Waals surface area contributed by atoms with E-state index in [1.165, 1.54) is 0 Å². The first-order valence-corrected chi connectivity index (χ1v) is 6.32. The molecule has 2 aliphatic heterocycles. The van der Waals surface area contributed by atoms with Crippen LogP contribution in [0.1, 0.15) is 33.1 Å². The fourth-order valence-electron chi connectivity index (χ4n) is 2.44. The van der Waals surface area contributed by atoms with Gasteiger partial charge in [-0.25, -0.2) is 0 Å². The van der Waals surface area contributed by atoms with E-state index in [0.29, 0.717) is 6.54 Å². The lowest BCUT2D eigenvalue weighted by molar-refractivity contribution is -0.148. The van der Waals surface area contributed by atoms with Crippen molar-refractivity contribution >= 4 is 11.8 Å². The van der Waals surface area contributed by atoms with E-state index in [-0.39, 0.29) is 24.0 Å². The normalized spacial score (nSPS) is 34.0. The van der Waals surface area contributed by atoms with E-state index in [9.17, 15) is 9.59 Å². The summed E-state index contributed by atoms with van der Waals surface area (Å²) in [5.41, 5.74) is 0. The second-order valence-electron chi connectivity index (χ2n) is 4.86. The molecule has 0 aromatic heterocycles. The smallest absolute Gasteiger partial charge is 0.245 e. The molecule has 96 valence electrons. The van der Waals surface area contributed by atoms with Crippen LogP contribution in [0.4, 0.5) is 0 Å². The molecule has 2 amide bonds. The molecular weight excluding hydrogens is 220 g/mol. The van der Waals surface area contributed by atoms with Crippen LogP contribution in [-0.2, 0) is 14.3 Å². The Kier molecular flexibility index (Phi) is 3.66. The maximum absolute atomic E-state index is 12.0. The number of ether oxygens (including phenoxy) is 1. The highest BCUT2D eigenvalue weighted by Crippen LogP contribution is 2.18. The molecule has 0 radical (unpaired) electrons. The molecule has 0 aromatic rings. The molecule has 3 atom stereocenters. The van der Waals surface area contributed by atoms with Gasteiger partial charge >= 0.3 is 0 Å². The van der Waals surface area contributed by atoms with Gasteiger partial charge in [-0.2, -0.15) is 0 Å². The van der Waals surface area contributed by atoms with Crippen molar-refractivity contribution in [2.24, 2.45) is 0 Å². The first-order valence-electron chi connectivity index (χ1n) is 6.32. The molecule has 2 rings (SSSR count). The van der Waals surface area contributed by atoms with Crippen molar-refractivity contribution in [3.8, 4) is 0 Å². The lowest BCUT2D eigenvalue weighted by Crippen LogP contribution is -2.61. The van der Waals surface area contributed by atoms with E-state index < -0.39 is 6.04 Å². The van der Waals surface area contributed by atoms with Gasteiger partial charge < -0.3 is 15.0 Å². The van der Waals surface area contributed by atoms with Crippen molar-refractivity contribution in [2.75, 3.05) is 13.2 Å². The van der Waals surface area contributed by atoms with Crippen molar-refractivity contribution in [1.29, 1.82) is 0 Å². The summed E-state index contributed by atoms with van der Waals surface area (Å²) in [4.78, 5) is 25.2. The summed E-state index contributed by atoms with van der Waals surface area (Å²) in [5.74, 6) is -0.0560. The molecule has 2 heterocycles. The molecule has 5 nitrogen and oxygen atoms in total. The van der Waals surface area contributed by atoms with Crippen LogP contribution in [0.15, 0.2) is 0 Å². The molecule has 2 saturated heterocycles. The lowest BCUT2D eigenvalue weighted by Gasteiger charge is -2.36. The van der Waals surface area contributed by atoms with Crippen molar-refractivity contribution in [3.05, 3.63) is 0 Å². The SMILES string of the molecule is CC1NC(=O)C(C)N(CCC2CCCO2)C1=O. The summed E-state index contributed by atoms with van der Waals surface area (Å²) >= 11 is 0. The van der Waals surface area contributed by atoms with Gasteiger partial charge in [0, 0.05) is 13.2 Å². The second-order valence-corrected chi connectivity index (χ2v) is 4.86. The molecule has 3 unspecified atom stereocenters. The Bertz CT molecular complexity index is 313. The summed E-state index contributed by atoms with van der Waals surface area (Å²) in [6.07, 6.45) is 3.26. The monoisotopic (exact) mass is 240 g/mol. The van der Waals surface area contributed by atoms with Crippen LogP contribution in [-0.4, -0.2) is 48.1 Å². The number of nitrogens with zero attached hydrogens (tertiary/aromatic N) is 1. The maximum atomic E-state index is 12.0. The number of amides is 2. The molecule has 0 aromatic carbocycles. The minimum absolute atomic E-state index is 0.00935. The zero-order valence-electron chi connectivity index (χ0n) is 10.4. The van der Waals surface area contributed by atoms with Gasteiger partial charge in [-0.05, 0) is 33.1 Å². The van der Waals surface area contributed by atoms with Crippen LogP contribution in [0.2, 0.25) is 0 Å². The van der Waals surface area contributed by atoms with Crippen LogP contribution in [0.5, 0.6) is 0 Å². The van der Waals surface area contributed by atoms with E-state index >= 15 is 0 Å². The Balaban J connectivity index is 1.92. The Hall–Kier alpha value is -1.10. The number of carbonyl (C=O) groups is 2. The third-order valence-electron chi connectivity index (χ3n) is 3.58. The van der Waals surface area contributed by atoms with Gasteiger partial charge in [-0.15, -0.1) is 0 Å². The molecule has 0 saturated carbocycles. The third kappa shape index (κ3) is 2.60. The van der Waals surface area contributed by atoms with Crippen LogP contribution >= 0.6 is 0 Å². The average molecular weight is 240 g/mol. The van der Waals surface area contributed by atoms with E-state index in [1.54, 1.807) is 18.7 Å². The summed E-state index contributed by atoms with van der Waals surface area (Å²) in [5, 5.41) is 2.68. The predicted molar refractivity (Wildman–Crippen MR) is 62.4 cm³/mol. The van der Waals surface area contributed by atoms with E-state index in [1.807, 2.05) is 0 Å². The Morgan fingerprint density at radius 1 is 1.41 bits per heavy atom. The van der Waals surface area contributed by atoms with Crippen LogP contribution in [0.3, 0.4) is 0 Å². The molecule has 1 N–H and O–H groups in total. The van der Waals surface area contributed by atoms with Crippen LogP contribution < -0.4 is 5.32 Å². The molecule has 0 spiro atoms. The predicted octanol–water partition coefficient (Wildman–Crippen LogP) is 0.291. The third-order valence-corrected chi connectivity index (χ3v) is 3.58. The summed E-state index contributed by atoms with van der Waals surface area (Å²) < 4.78 is 5.53. The summed E-state index contributed by atoms with van der Waals surface area (Å²) in [7, 11) is 0. The number of hydrogen-bond donors (Lipinski definition) is 1. The molecule has 0 aliphatic carbocycles. The standard InChI is InChI=1S/C12H20N2O3/c1-8-12(16)14(9(2)11(15)13-8)6-5-10-4-3-7-17-10/h8-10H,3-7H2,1-2H3,(H,13,15). The van der Waals surface area contributed by atoms with Crippen molar-refractivity contribution in [3.63, 3.8) is 0 Å². The first-order chi connectivity index (χ1) is 8.09. The highest BCUT2D eigenvalue weighted by atomic mass is 16.5. The van der Waals surface area contributed by atoms with E-state index in [4.69, 9.17) is 4.74 Å². The number of hydrogen-bond acceptors (Lipinski definition) is 3. The minimum Gasteiger partial charge on any atom is -0.378 e. The molecule has 2 aliphatic rings. The fourth-order valence-corrected chi connectivity index (χ4v) is 2.44. The highest BCUT2D eigenvalue weighted by Gasteiger charge is 2.35. The van der Waals surface area contributed by atoms with Gasteiger partial charge in [-0.3, -0.25) is 9.59 Å². The fraction of sp³-hybridized carbons (Fsp3) is 0.833. The van der Waals surface area contributed by atoms with Crippen LogP contribution in [0.25, 0.3) is 0 Å². The number of carbonyl (C=O) groups excluding carboxylic acids is 2. The number of rotatable bonds is 3. The zero-order valence-corrected chi connectivity index (χ0v) is 10.4. The maximum Gasteiger partial charge on any atom is 0.245 e. The van der Waals surface area contributed by atoms with Crippen molar-refractivity contribution in [1.82, 2.24) is 10.2 Å².